The van der Waals surface area contributed by atoms with Crippen LogP contribution in [0.4, 0.5) is 5.69 Å². The summed E-state index contributed by atoms with van der Waals surface area (Å²) in [5.41, 5.74) is 5.97. The van der Waals surface area contributed by atoms with Gasteiger partial charge in [-0.1, -0.05) is 40.0 Å². The monoisotopic (exact) mass is 785 g/mol. The van der Waals surface area contributed by atoms with E-state index in [1.165, 1.54) is 11.8 Å². The van der Waals surface area contributed by atoms with Gasteiger partial charge in [0.2, 0.25) is 35.3 Å². The van der Waals surface area contributed by atoms with Gasteiger partial charge < -0.3 is 42.6 Å². The van der Waals surface area contributed by atoms with Crippen molar-refractivity contribution in [2.75, 3.05) is 6.54 Å². The van der Waals surface area contributed by atoms with Crippen LogP contribution in [0.3, 0.4) is 0 Å². The molecule has 20 heteroatoms. The number of H-pyrrole nitrogens is 1. The van der Waals surface area contributed by atoms with Crippen molar-refractivity contribution in [3.63, 3.8) is 0 Å². The number of piperidine rings is 1. The second-order valence-corrected chi connectivity index (χ2v) is 16.0. The number of hydrogen-bond donors (Lipinski definition) is 7. The molecule has 0 spiro atoms. The maximum Gasteiger partial charge on any atom is 0.334 e. The van der Waals surface area contributed by atoms with Gasteiger partial charge in [-0.2, -0.15) is 0 Å². The molecule has 0 bridgehead atoms. The smallest absolute Gasteiger partial charge is 0.334 e. The Labute approximate surface area is 322 Å². The first kappa shape index (κ1) is 43.0. The number of pyridine rings is 1. The van der Waals surface area contributed by atoms with Crippen LogP contribution in [0.15, 0.2) is 17.1 Å². The molecule has 2 saturated carbocycles. The number of carbonyl (C=O) groups excluding carboxylic acids is 8. The second-order valence-electron chi connectivity index (χ2n) is 16.0. The first-order valence-corrected chi connectivity index (χ1v) is 18.7. The minimum atomic E-state index is -1.58. The van der Waals surface area contributed by atoms with Crippen LogP contribution in [0.5, 0.6) is 0 Å². The van der Waals surface area contributed by atoms with Crippen molar-refractivity contribution in [3.05, 3.63) is 38.3 Å². The predicted octanol–water partition coefficient (Wildman–Crippen LogP) is -0.817. The van der Waals surface area contributed by atoms with Crippen molar-refractivity contribution in [2.24, 2.45) is 28.7 Å². The number of primary amides is 2. The van der Waals surface area contributed by atoms with E-state index in [4.69, 9.17) is 11.5 Å². The molecule has 3 fully saturated rings. The number of rotatable bonds is 16. The van der Waals surface area contributed by atoms with Crippen molar-refractivity contribution in [3.8, 4) is 0 Å². The van der Waals surface area contributed by atoms with Gasteiger partial charge in [0.1, 0.15) is 29.7 Å². The number of Topliss-reactive ketones (excluding diaryl/α,β-unsaturated/α-hetero) is 1. The molecule has 9 N–H and O–H groups in total. The molecule has 3 aliphatic rings. The van der Waals surface area contributed by atoms with E-state index in [-0.39, 0.29) is 18.4 Å². The van der Waals surface area contributed by atoms with Crippen LogP contribution in [0.1, 0.15) is 102 Å². The number of fused-ring (bicyclic) bond motifs is 1. The Morgan fingerprint density at radius 1 is 0.964 bits per heavy atom. The Hall–Kier alpha value is -5.69. The average Bonchev–Trinajstić information content (AvgIpc) is 3.90. The number of nitrogens with zero attached hydrogens (tertiary/aromatic N) is 2. The fourth-order valence-corrected chi connectivity index (χ4v) is 7.64. The zero-order valence-corrected chi connectivity index (χ0v) is 31.9. The minimum absolute atomic E-state index is 0.114. The van der Waals surface area contributed by atoms with Gasteiger partial charge in [0.25, 0.3) is 11.8 Å². The van der Waals surface area contributed by atoms with Crippen molar-refractivity contribution in [1.82, 2.24) is 31.2 Å². The lowest BCUT2D eigenvalue weighted by molar-refractivity contribution is -0.386. The second kappa shape index (κ2) is 17.4. The third-order valence-corrected chi connectivity index (χ3v) is 10.9. The normalized spacial score (nSPS) is 21.5. The molecule has 6 atom stereocenters. The number of hydrogen-bond acceptors (Lipinski definition) is 11. The molecule has 306 valence electrons. The van der Waals surface area contributed by atoms with Gasteiger partial charge in [-0.15, -0.1) is 0 Å². The summed E-state index contributed by atoms with van der Waals surface area (Å²) in [7, 11) is 0. The average molecular weight is 786 g/mol. The summed E-state index contributed by atoms with van der Waals surface area (Å²) in [5.74, 6) is -7.16. The number of amides is 7. The van der Waals surface area contributed by atoms with E-state index in [1.807, 2.05) is 0 Å². The van der Waals surface area contributed by atoms with Crippen LogP contribution in [-0.4, -0.2) is 98.2 Å². The van der Waals surface area contributed by atoms with Gasteiger partial charge in [-0.05, 0) is 62.7 Å². The van der Waals surface area contributed by atoms with Crippen molar-refractivity contribution in [1.29, 1.82) is 0 Å². The fourth-order valence-electron chi connectivity index (χ4n) is 7.64. The quantitative estimate of drug-likeness (QED) is 0.0617. The molecule has 0 aromatic carbocycles. The van der Waals surface area contributed by atoms with Gasteiger partial charge in [-0.3, -0.25) is 53.3 Å². The maximum atomic E-state index is 14.5. The molecule has 20 nitrogen and oxygen atoms in total. The van der Waals surface area contributed by atoms with E-state index >= 15 is 0 Å². The van der Waals surface area contributed by atoms with Gasteiger partial charge in [0.15, 0.2) is 0 Å². The molecule has 4 rings (SSSR count). The Kier molecular flexibility index (Phi) is 13.4. The highest BCUT2D eigenvalue weighted by atomic mass is 16.6. The van der Waals surface area contributed by atoms with Crippen LogP contribution in [-0.2, 0) is 33.6 Å². The molecule has 0 radical (unpaired) electrons. The third kappa shape index (κ3) is 9.75. The summed E-state index contributed by atoms with van der Waals surface area (Å²) < 4.78 is 0. The lowest BCUT2D eigenvalue weighted by atomic mass is 9.83. The zero-order valence-electron chi connectivity index (χ0n) is 31.9. The van der Waals surface area contributed by atoms with Crippen LogP contribution >= 0.6 is 0 Å². The summed E-state index contributed by atoms with van der Waals surface area (Å²) in [5, 5.41) is 21.7. The number of ketones is 1. The van der Waals surface area contributed by atoms with Gasteiger partial charge in [0, 0.05) is 25.2 Å². The molecule has 1 unspecified atom stereocenters. The molecule has 7 amide bonds. The molecule has 2 aliphatic carbocycles. The zero-order chi connectivity index (χ0) is 41.7. The molecule has 56 heavy (non-hydrogen) atoms. The summed E-state index contributed by atoms with van der Waals surface area (Å²) in [4.78, 5) is 130. The van der Waals surface area contributed by atoms with E-state index in [9.17, 15) is 53.3 Å². The Morgan fingerprint density at radius 3 is 2.21 bits per heavy atom. The Bertz CT molecular complexity index is 1830. The highest BCUT2D eigenvalue weighted by Gasteiger charge is 2.67. The van der Waals surface area contributed by atoms with E-state index in [0.29, 0.717) is 25.3 Å². The number of aromatic nitrogens is 1. The van der Waals surface area contributed by atoms with Gasteiger partial charge in [-0.25, -0.2) is 0 Å². The van der Waals surface area contributed by atoms with Crippen LogP contribution < -0.4 is 38.3 Å². The fraction of sp³-hybridized carbons (Fsp3) is 0.639. The number of likely N-dealkylation sites (tertiary alicyclic amines) is 1. The van der Waals surface area contributed by atoms with E-state index in [2.05, 4.69) is 26.3 Å². The molecule has 1 aromatic heterocycles. The van der Waals surface area contributed by atoms with E-state index in [1.54, 1.807) is 20.8 Å². The lowest BCUT2D eigenvalue weighted by Crippen LogP contribution is -2.64. The molecular weight excluding hydrogens is 734 g/mol. The minimum Gasteiger partial charge on any atom is -0.368 e. The first-order valence-electron chi connectivity index (χ1n) is 18.7. The lowest BCUT2D eigenvalue weighted by Gasteiger charge is -2.41. The molecule has 1 aromatic rings. The number of nitro groups is 1. The highest BCUT2D eigenvalue weighted by Crippen LogP contribution is 2.55. The summed E-state index contributed by atoms with van der Waals surface area (Å²) in [6.07, 6.45) is 5.64. The Morgan fingerprint density at radius 2 is 1.62 bits per heavy atom. The number of nitrogens with two attached hydrogens (primary N) is 2. The molecule has 1 saturated heterocycles. The van der Waals surface area contributed by atoms with Crippen molar-refractivity contribution < 1.29 is 43.3 Å². The van der Waals surface area contributed by atoms with E-state index in [0.717, 1.165) is 38.3 Å². The van der Waals surface area contributed by atoms with Crippen LogP contribution in [0.25, 0.3) is 0 Å². The summed E-state index contributed by atoms with van der Waals surface area (Å²) in [6, 6.07) is -4.18. The standard InChI is InChI=1S/C36H51N9O11/c1-18(29(49)42-25(28(38)48)19-9-6-5-7-10-19)40-34(54)36-16-21(36)11-8-14-44(36)33(53)26(35(2,3)4)43-31(51)22(12-13-24(46)27(37)47)41-30(50)20-15-23(45(55)56)32(52)39-17-20/h15,17-19,21-22,25-26H,5-14,16H2,1-4H3,(H2,37,47)(H2,38,48)(H,39,52)(H,40,54)(H,41,50)(H,42,49)(H,43,51)/t18-,21?,22-,25-,26+,36-/m0/s1. The molecular formula is C36H51N9O11. The first-order chi connectivity index (χ1) is 26.2. The predicted molar refractivity (Wildman–Crippen MR) is 197 cm³/mol. The molecule has 1 aliphatic heterocycles. The van der Waals surface area contributed by atoms with Crippen molar-refractivity contribution >= 4 is 52.8 Å². The van der Waals surface area contributed by atoms with Crippen molar-refractivity contribution in [2.45, 2.75) is 122 Å². The van der Waals surface area contributed by atoms with Crippen LogP contribution in [0, 0.1) is 27.4 Å². The summed E-state index contributed by atoms with van der Waals surface area (Å²) in [6.45, 7) is 6.60. The molecule has 2 heterocycles. The number of carbonyl (C=O) groups is 8. The van der Waals surface area contributed by atoms with E-state index < -0.39 is 117 Å². The topological polar surface area (TPSA) is 316 Å². The van der Waals surface area contributed by atoms with Gasteiger partial charge in [0.05, 0.1) is 10.5 Å². The highest BCUT2D eigenvalue weighted by molar-refractivity contribution is 6.35. The Balaban J connectivity index is 1.54. The SMILES string of the molecule is C[C@H](NC(=O)[C@]12CC1CCCN2C(=O)[C@@H](NC(=O)[C@H](CCC(=O)C(N)=O)NC(=O)c1c[nH]c(=O)c([N+](=O)[O-])c1)C(C)(C)C)C(=O)N[C@H](C(N)=O)C1CCCCC1. The summed E-state index contributed by atoms with van der Waals surface area (Å²) >= 11 is 0. The number of nitrogens with one attached hydrogen (secondary N) is 5. The third-order valence-electron chi connectivity index (χ3n) is 10.9. The maximum absolute atomic E-state index is 14.5. The number of aromatic amines is 1. The van der Waals surface area contributed by atoms with Crippen LogP contribution in [0.2, 0.25) is 0 Å². The van der Waals surface area contributed by atoms with Gasteiger partial charge >= 0.3 is 11.2 Å². The largest absolute Gasteiger partial charge is 0.368 e.